The molecular weight excluding hydrogens is 545 g/mol. The van der Waals surface area contributed by atoms with Crippen LogP contribution in [-0.4, -0.2) is 32.1 Å². The molecule has 0 saturated heterocycles. The van der Waals surface area contributed by atoms with Crippen LogP contribution in [0.25, 0.3) is 11.1 Å². The molecular formula is C27H22F5NO5S. The van der Waals surface area contributed by atoms with Gasteiger partial charge in [0.05, 0.1) is 28.1 Å². The molecule has 1 N–H and O–H groups in total. The summed E-state index contributed by atoms with van der Waals surface area (Å²) in [6.07, 6.45) is -4.24. The summed E-state index contributed by atoms with van der Waals surface area (Å²) < 4.78 is 102. The van der Waals surface area contributed by atoms with E-state index in [-0.39, 0.29) is 35.5 Å². The van der Waals surface area contributed by atoms with Gasteiger partial charge < -0.3 is 9.84 Å². The Hall–Kier alpha value is -3.67. The van der Waals surface area contributed by atoms with Crippen LogP contribution in [0.3, 0.4) is 0 Å². The number of nitrogens with zero attached hydrogens (tertiary/aromatic N) is 1. The molecule has 0 aromatic heterocycles. The minimum atomic E-state index is -4.79. The zero-order valence-corrected chi connectivity index (χ0v) is 21.0. The number of anilines is 1. The summed E-state index contributed by atoms with van der Waals surface area (Å²) in [6, 6.07) is 10.2. The van der Waals surface area contributed by atoms with Gasteiger partial charge in [-0.25, -0.2) is 17.2 Å². The van der Waals surface area contributed by atoms with Crippen molar-refractivity contribution in [3.05, 3.63) is 77.9 Å². The number of halogens is 5. The number of sulfonamides is 1. The largest absolute Gasteiger partial charge is 0.486 e. The van der Waals surface area contributed by atoms with E-state index in [1.807, 2.05) is 0 Å². The number of ether oxygens (including phenoxy) is 1. The zero-order valence-electron chi connectivity index (χ0n) is 20.2. The molecule has 2 aliphatic rings. The molecule has 0 unspecified atom stereocenters. The van der Waals surface area contributed by atoms with Crippen LogP contribution >= 0.6 is 0 Å². The lowest BCUT2D eigenvalue weighted by molar-refractivity contribution is -0.156. The SMILES string of the molecule is O=C(O)C1(C[C@H]2CN(S(=O)(=O)c3cccc(C(F)(F)F)c3)c3cc(-c4cc(F)cc(F)c4)ccc3O2)CCC1. The fourth-order valence-electron chi connectivity index (χ4n) is 5.05. The van der Waals surface area contributed by atoms with Gasteiger partial charge in [0.15, 0.2) is 0 Å². The molecule has 206 valence electrons. The first kappa shape index (κ1) is 26.9. The van der Waals surface area contributed by atoms with Crippen molar-refractivity contribution in [2.75, 3.05) is 10.8 Å². The standard InChI is InChI=1S/C27H22F5NO5S/c28-19-9-17(10-20(29)13-19)16-5-6-24-23(11-16)33(15-21(38-24)14-26(25(34)35)7-2-8-26)39(36,37)22-4-1-3-18(12-22)27(30,31)32/h1,3-6,9-13,21H,2,7-8,14-15H2,(H,34,35)/t21-/m0/s1. The molecule has 1 heterocycles. The normalized spacial score (nSPS) is 18.6. The molecule has 0 radical (unpaired) electrons. The lowest BCUT2D eigenvalue weighted by atomic mass is 9.65. The number of hydrogen-bond donors (Lipinski definition) is 1. The second-order valence-corrected chi connectivity index (χ2v) is 11.6. The smallest absolute Gasteiger partial charge is 0.416 e. The van der Waals surface area contributed by atoms with Crippen molar-refractivity contribution in [1.82, 2.24) is 0 Å². The molecule has 5 rings (SSSR count). The van der Waals surface area contributed by atoms with Crippen molar-refractivity contribution in [2.45, 2.75) is 42.9 Å². The number of benzene rings is 3. The van der Waals surface area contributed by atoms with E-state index in [0.29, 0.717) is 31.4 Å². The maximum Gasteiger partial charge on any atom is 0.416 e. The number of alkyl halides is 3. The highest BCUT2D eigenvalue weighted by Gasteiger charge is 2.48. The van der Waals surface area contributed by atoms with Gasteiger partial charge in [-0.1, -0.05) is 18.6 Å². The van der Waals surface area contributed by atoms with Crippen LogP contribution in [0.1, 0.15) is 31.2 Å². The lowest BCUT2D eigenvalue weighted by Crippen LogP contribution is -2.49. The van der Waals surface area contributed by atoms with Crippen LogP contribution in [0.4, 0.5) is 27.6 Å². The third-order valence-corrected chi connectivity index (χ3v) is 8.99. The summed E-state index contributed by atoms with van der Waals surface area (Å²) in [5.74, 6) is -2.69. The number of carbonyl (C=O) groups is 1. The highest BCUT2D eigenvalue weighted by molar-refractivity contribution is 7.92. The number of aliphatic carboxylic acids is 1. The second kappa shape index (κ2) is 9.51. The summed E-state index contributed by atoms with van der Waals surface area (Å²) in [4.78, 5) is 11.3. The molecule has 1 saturated carbocycles. The monoisotopic (exact) mass is 567 g/mol. The number of hydrogen-bond acceptors (Lipinski definition) is 4. The first-order chi connectivity index (χ1) is 18.3. The Morgan fingerprint density at radius 1 is 1.00 bits per heavy atom. The van der Waals surface area contributed by atoms with Gasteiger partial charge in [-0.3, -0.25) is 9.10 Å². The highest BCUT2D eigenvalue weighted by atomic mass is 32.2. The van der Waals surface area contributed by atoms with E-state index in [0.717, 1.165) is 34.6 Å². The van der Waals surface area contributed by atoms with Crippen molar-refractivity contribution in [2.24, 2.45) is 5.41 Å². The van der Waals surface area contributed by atoms with Gasteiger partial charge in [0, 0.05) is 12.5 Å². The number of fused-ring (bicyclic) bond motifs is 1. The molecule has 3 aromatic carbocycles. The summed E-state index contributed by atoms with van der Waals surface area (Å²) in [6.45, 7) is -0.373. The van der Waals surface area contributed by atoms with Gasteiger partial charge in [0.1, 0.15) is 23.5 Å². The quantitative estimate of drug-likeness (QED) is 0.356. The minimum Gasteiger partial charge on any atom is -0.486 e. The molecule has 1 aliphatic heterocycles. The predicted molar refractivity (Wildman–Crippen MR) is 131 cm³/mol. The van der Waals surface area contributed by atoms with Gasteiger partial charge in [-0.2, -0.15) is 13.2 Å². The summed E-state index contributed by atoms with van der Waals surface area (Å²) in [5.41, 5.74) is -1.96. The van der Waals surface area contributed by atoms with E-state index >= 15 is 0 Å². The van der Waals surface area contributed by atoms with E-state index in [9.17, 15) is 40.3 Å². The Morgan fingerprint density at radius 2 is 1.69 bits per heavy atom. The van der Waals surface area contributed by atoms with Crippen molar-refractivity contribution in [3.63, 3.8) is 0 Å². The molecule has 0 bridgehead atoms. The average molecular weight is 568 g/mol. The number of carboxylic acid groups (broad SMARTS) is 1. The van der Waals surface area contributed by atoms with Crippen LogP contribution in [-0.2, 0) is 21.0 Å². The summed E-state index contributed by atoms with van der Waals surface area (Å²) in [5, 5.41) is 9.77. The van der Waals surface area contributed by atoms with E-state index in [4.69, 9.17) is 4.74 Å². The molecule has 0 spiro atoms. The fraction of sp³-hybridized carbons (Fsp3) is 0.296. The van der Waals surface area contributed by atoms with Gasteiger partial charge in [-0.05, 0) is 66.4 Å². The minimum absolute atomic E-state index is 0.00670. The van der Waals surface area contributed by atoms with Gasteiger partial charge >= 0.3 is 12.1 Å². The third kappa shape index (κ3) is 5.05. The fourth-order valence-corrected chi connectivity index (χ4v) is 6.60. The summed E-state index contributed by atoms with van der Waals surface area (Å²) in [7, 11) is -4.61. The van der Waals surface area contributed by atoms with Crippen LogP contribution < -0.4 is 9.04 Å². The van der Waals surface area contributed by atoms with Crippen molar-refractivity contribution >= 4 is 21.7 Å². The molecule has 3 aromatic rings. The van der Waals surface area contributed by atoms with Gasteiger partial charge in [0.25, 0.3) is 10.0 Å². The Morgan fingerprint density at radius 3 is 2.28 bits per heavy atom. The molecule has 1 fully saturated rings. The van der Waals surface area contributed by atoms with Crippen molar-refractivity contribution < 1.29 is 45.0 Å². The molecule has 12 heteroatoms. The maximum atomic E-state index is 13.9. The maximum absolute atomic E-state index is 13.9. The Balaban J connectivity index is 1.61. The first-order valence-corrected chi connectivity index (χ1v) is 13.4. The lowest BCUT2D eigenvalue weighted by Gasteiger charge is -2.43. The molecule has 1 aliphatic carbocycles. The van der Waals surface area contributed by atoms with E-state index in [1.54, 1.807) is 0 Å². The molecule has 39 heavy (non-hydrogen) atoms. The van der Waals surface area contributed by atoms with Crippen LogP contribution in [0.15, 0.2) is 65.6 Å². The third-order valence-electron chi connectivity index (χ3n) is 7.22. The van der Waals surface area contributed by atoms with E-state index in [1.165, 1.54) is 18.2 Å². The highest BCUT2D eigenvalue weighted by Crippen LogP contribution is 2.48. The van der Waals surface area contributed by atoms with Crippen LogP contribution in [0.2, 0.25) is 0 Å². The second-order valence-electron chi connectivity index (χ2n) is 9.79. The molecule has 6 nitrogen and oxygen atoms in total. The molecule has 1 atom stereocenters. The Kier molecular flexibility index (Phi) is 6.56. The Bertz CT molecular complexity index is 1530. The van der Waals surface area contributed by atoms with E-state index < -0.39 is 55.8 Å². The van der Waals surface area contributed by atoms with Crippen LogP contribution in [0.5, 0.6) is 5.75 Å². The van der Waals surface area contributed by atoms with Crippen molar-refractivity contribution in [1.29, 1.82) is 0 Å². The first-order valence-electron chi connectivity index (χ1n) is 12.0. The van der Waals surface area contributed by atoms with Gasteiger partial charge in [0.2, 0.25) is 0 Å². The molecule has 0 amide bonds. The zero-order chi connectivity index (χ0) is 28.2. The van der Waals surface area contributed by atoms with Crippen LogP contribution in [0, 0.1) is 17.0 Å². The topological polar surface area (TPSA) is 83.9 Å². The number of carboxylic acids is 1. The van der Waals surface area contributed by atoms with Gasteiger partial charge in [-0.15, -0.1) is 0 Å². The Labute approximate surface area is 220 Å². The summed E-state index contributed by atoms with van der Waals surface area (Å²) >= 11 is 0. The van der Waals surface area contributed by atoms with E-state index in [2.05, 4.69) is 0 Å². The average Bonchev–Trinajstić information content (AvgIpc) is 2.84. The van der Waals surface area contributed by atoms with Crippen molar-refractivity contribution in [3.8, 4) is 16.9 Å². The predicted octanol–water partition coefficient (Wildman–Crippen LogP) is 6.25. The number of rotatable bonds is 6.